The summed E-state index contributed by atoms with van der Waals surface area (Å²) in [6.45, 7) is 3.07. The number of piperidine rings is 1. The molecular weight excluding hydrogens is 292 g/mol. The van der Waals surface area contributed by atoms with Crippen molar-refractivity contribution < 1.29 is 9.47 Å². The lowest BCUT2D eigenvalue weighted by Crippen LogP contribution is -2.41. The van der Waals surface area contributed by atoms with Gasteiger partial charge in [0.15, 0.2) is 11.5 Å². The number of hydrogen-bond donors (Lipinski definition) is 2. The Balaban J connectivity index is 1.61. The Labute approximate surface area is 136 Å². The summed E-state index contributed by atoms with van der Waals surface area (Å²) in [4.78, 5) is 9.71. The van der Waals surface area contributed by atoms with E-state index in [0.717, 1.165) is 42.5 Å². The maximum atomic E-state index is 5.37. The van der Waals surface area contributed by atoms with Crippen LogP contribution in [0, 0.1) is 0 Å². The third-order valence-electron chi connectivity index (χ3n) is 4.21. The van der Waals surface area contributed by atoms with E-state index in [4.69, 9.17) is 9.47 Å². The molecule has 1 aliphatic rings. The summed E-state index contributed by atoms with van der Waals surface area (Å²) in [7, 11) is 3.31. The molecule has 0 spiro atoms. The third-order valence-corrected chi connectivity index (χ3v) is 4.21. The Kier molecular flexibility index (Phi) is 5.02. The standard InChI is InChI=1S/C17H24N4O2/c1-22-16-6-5-13(8-17(16)23-2)20-14-4-3-7-21(10-14)11-15-9-18-12-19-15/h5-6,8-9,12,14,20H,3-4,7,10-11H2,1-2H3,(H,18,19). The van der Waals surface area contributed by atoms with Gasteiger partial charge in [0.05, 0.1) is 20.5 Å². The van der Waals surface area contributed by atoms with Crippen LogP contribution in [0.25, 0.3) is 0 Å². The Morgan fingerprint density at radius 1 is 1.30 bits per heavy atom. The van der Waals surface area contributed by atoms with Crippen molar-refractivity contribution >= 4 is 5.69 Å². The van der Waals surface area contributed by atoms with Crippen LogP contribution in [0.4, 0.5) is 5.69 Å². The monoisotopic (exact) mass is 316 g/mol. The fourth-order valence-electron chi connectivity index (χ4n) is 3.09. The van der Waals surface area contributed by atoms with Gasteiger partial charge in [-0.15, -0.1) is 0 Å². The quantitative estimate of drug-likeness (QED) is 0.857. The second kappa shape index (κ2) is 7.37. The van der Waals surface area contributed by atoms with Gasteiger partial charge in [-0.25, -0.2) is 4.98 Å². The van der Waals surface area contributed by atoms with E-state index in [1.165, 1.54) is 12.8 Å². The molecular formula is C17H24N4O2. The molecule has 124 valence electrons. The van der Waals surface area contributed by atoms with Crippen LogP contribution in [0.1, 0.15) is 18.5 Å². The van der Waals surface area contributed by atoms with Crippen LogP contribution < -0.4 is 14.8 Å². The molecule has 6 heteroatoms. The van der Waals surface area contributed by atoms with Crippen molar-refractivity contribution in [1.82, 2.24) is 14.9 Å². The van der Waals surface area contributed by atoms with Crippen molar-refractivity contribution in [2.45, 2.75) is 25.4 Å². The summed E-state index contributed by atoms with van der Waals surface area (Å²) in [5, 5.41) is 3.61. The first-order chi connectivity index (χ1) is 11.3. The van der Waals surface area contributed by atoms with Crippen molar-refractivity contribution in [2.24, 2.45) is 0 Å². The normalized spacial score (nSPS) is 18.6. The van der Waals surface area contributed by atoms with E-state index in [9.17, 15) is 0 Å². The van der Waals surface area contributed by atoms with E-state index in [1.807, 2.05) is 24.4 Å². The Morgan fingerprint density at radius 2 is 2.17 bits per heavy atom. The number of benzene rings is 1. The lowest BCUT2D eigenvalue weighted by Gasteiger charge is -2.33. The number of aromatic nitrogens is 2. The molecule has 0 aliphatic carbocycles. The lowest BCUT2D eigenvalue weighted by atomic mass is 10.0. The second-order valence-electron chi connectivity index (χ2n) is 5.87. The number of imidazole rings is 1. The molecule has 1 aromatic heterocycles. The number of likely N-dealkylation sites (tertiary alicyclic amines) is 1. The van der Waals surface area contributed by atoms with Crippen molar-refractivity contribution in [1.29, 1.82) is 0 Å². The second-order valence-corrected chi connectivity index (χ2v) is 5.87. The predicted molar refractivity (Wildman–Crippen MR) is 90.1 cm³/mol. The average molecular weight is 316 g/mol. The molecule has 2 heterocycles. The number of methoxy groups -OCH3 is 2. The fraction of sp³-hybridized carbons (Fsp3) is 0.471. The zero-order chi connectivity index (χ0) is 16.1. The largest absolute Gasteiger partial charge is 0.493 e. The van der Waals surface area contributed by atoms with Gasteiger partial charge >= 0.3 is 0 Å². The van der Waals surface area contributed by atoms with Gasteiger partial charge in [-0.3, -0.25) is 4.90 Å². The van der Waals surface area contributed by atoms with Gasteiger partial charge in [-0.2, -0.15) is 0 Å². The highest BCUT2D eigenvalue weighted by molar-refractivity contribution is 5.55. The molecule has 1 atom stereocenters. The van der Waals surface area contributed by atoms with E-state index in [0.29, 0.717) is 6.04 Å². The SMILES string of the molecule is COc1ccc(NC2CCCN(Cc3cnc[nH]3)C2)cc1OC. The van der Waals surface area contributed by atoms with Crippen LogP contribution in [0.5, 0.6) is 11.5 Å². The highest BCUT2D eigenvalue weighted by Gasteiger charge is 2.20. The molecule has 1 saturated heterocycles. The number of hydrogen-bond acceptors (Lipinski definition) is 5. The molecule has 0 amide bonds. The van der Waals surface area contributed by atoms with Gasteiger partial charge in [0.2, 0.25) is 0 Å². The number of rotatable bonds is 6. The first-order valence-corrected chi connectivity index (χ1v) is 7.96. The van der Waals surface area contributed by atoms with Crippen LogP contribution in [0.2, 0.25) is 0 Å². The molecule has 0 bridgehead atoms. The van der Waals surface area contributed by atoms with Crippen molar-refractivity contribution in [3.63, 3.8) is 0 Å². The van der Waals surface area contributed by atoms with Crippen LogP contribution in [-0.2, 0) is 6.54 Å². The summed E-state index contributed by atoms with van der Waals surface area (Å²) in [5.74, 6) is 1.50. The van der Waals surface area contributed by atoms with Gasteiger partial charge in [0, 0.05) is 42.8 Å². The lowest BCUT2D eigenvalue weighted by molar-refractivity contribution is 0.206. The third kappa shape index (κ3) is 3.96. The summed E-state index contributed by atoms with van der Waals surface area (Å²) >= 11 is 0. The molecule has 3 rings (SSSR count). The van der Waals surface area contributed by atoms with Gasteiger partial charge in [-0.1, -0.05) is 0 Å². The smallest absolute Gasteiger partial charge is 0.162 e. The van der Waals surface area contributed by atoms with Crippen LogP contribution in [0.3, 0.4) is 0 Å². The topological polar surface area (TPSA) is 62.4 Å². The van der Waals surface area contributed by atoms with Gasteiger partial charge in [-0.05, 0) is 31.5 Å². The van der Waals surface area contributed by atoms with Crippen LogP contribution in [-0.4, -0.2) is 48.2 Å². The number of H-pyrrole nitrogens is 1. The number of nitrogens with one attached hydrogen (secondary N) is 2. The van der Waals surface area contributed by atoms with Crippen molar-refractivity contribution in [2.75, 3.05) is 32.6 Å². The molecule has 1 unspecified atom stereocenters. The number of nitrogens with zero attached hydrogens (tertiary/aromatic N) is 2. The minimum Gasteiger partial charge on any atom is -0.493 e. The van der Waals surface area contributed by atoms with E-state index in [1.54, 1.807) is 20.5 Å². The Morgan fingerprint density at radius 3 is 2.91 bits per heavy atom. The predicted octanol–water partition coefficient (Wildman–Crippen LogP) is 2.50. The van der Waals surface area contributed by atoms with E-state index < -0.39 is 0 Å². The number of anilines is 1. The van der Waals surface area contributed by atoms with Gasteiger partial charge in [0.25, 0.3) is 0 Å². The molecule has 6 nitrogen and oxygen atoms in total. The van der Waals surface area contributed by atoms with Crippen molar-refractivity contribution in [3.8, 4) is 11.5 Å². The number of ether oxygens (including phenoxy) is 2. The highest BCUT2D eigenvalue weighted by atomic mass is 16.5. The van der Waals surface area contributed by atoms with E-state index >= 15 is 0 Å². The Bertz CT molecular complexity index is 615. The zero-order valence-corrected chi connectivity index (χ0v) is 13.7. The molecule has 1 fully saturated rings. The Hall–Kier alpha value is -2.21. The first kappa shape index (κ1) is 15.7. The van der Waals surface area contributed by atoms with Gasteiger partial charge < -0.3 is 19.8 Å². The fourth-order valence-corrected chi connectivity index (χ4v) is 3.09. The maximum absolute atomic E-state index is 5.37. The molecule has 1 aliphatic heterocycles. The highest BCUT2D eigenvalue weighted by Crippen LogP contribution is 2.30. The van der Waals surface area contributed by atoms with Crippen LogP contribution >= 0.6 is 0 Å². The summed E-state index contributed by atoms with van der Waals surface area (Å²) < 4.78 is 10.7. The van der Waals surface area contributed by atoms with Crippen molar-refractivity contribution in [3.05, 3.63) is 36.4 Å². The molecule has 1 aromatic carbocycles. The summed E-state index contributed by atoms with van der Waals surface area (Å²) in [6, 6.07) is 6.40. The molecule has 2 N–H and O–H groups in total. The minimum atomic E-state index is 0.435. The minimum absolute atomic E-state index is 0.435. The number of aromatic amines is 1. The summed E-state index contributed by atoms with van der Waals surface area (Å²) in [6.07, 6.45) is 6.00. The molecule has 0 saturated carbocycles. The zero-order valence-electron chi connectivity index (χ0n) is 13.7. The average Bonchev–Trinajstić information content (AvgIpc) is 3.08. The van der Waals surface area contributed by atoms with E-state index in [2.05, 4.69) is 20.2 Å². The van der Waals surface area contributed by atoms with E-state index in [-0.39, 0.29) is 0 Å². The molecule has 2 aromatic rings. The molecule has 23 heavy (non-hydrogen) atoms. The molecule has 0 radical (unpaired) electrons. The first-order valence-electron chi connectivity index (χ1n) is 7.96. The maximum Gasteiger partial charge on any atom is 0.162 e. The van der Waals surface area contributed by atoms with Gasteiger partial charge in [0.1, 0.15) is 0 Å². The summed E-state index contributed by atoms with van der Waals surface area (Å²) in [5.41, 5.74) is 2.23. The van der Waals surface area contributed by atoms with Crippen LogP contribution in [0.15, 0.2) is 30.7 Å².